The van der Waals surface area contributed by atoms with Crippen LogP contribution in [0, 0.1) is 0 Å². The van der Waals surface area contributed by atoms with Crippen LogP contribution in [0.1, 0.15) is 10.5 Å². The summed E-state index contributed by atoms with van der Waals surface area (Å²) in [5.41, 5.74) is 0.256. The number of aryl methyl sites for hydroxylation is 2. The highest BCUT2D eigenvalue weighted by Crippen LogP contribution is 2.15. The Hall–Kier alpha value is -1.63. The summed E-state index contributed by atoms with van der Waals surface area (Å²) >= 11 is 3.25. The summed E-state index contributed by atoms with van der Waals surface area (Å²) in [4.78, 5) is 10.9. The molecule has 0 aromatic carbocycles. The van der Waals surface area contributed by atoms with Gasteiger partial charge in [0.1, 0.15) is 5.69 Å². The lowest BCUT2D eigenvalue weighted by atomic mass is 10.4. The Morgan fingerprint density at radius 1 is 1.50 bits per heavy atom. The molecule has 0 amide bonds. The number of carbonyl (C=O) groups is 1. The largest absolute Gasteiger partial charge is 0.477 e. The highest BCUT2D eigenvalue weighted by Gasteiger charge is 2.11. The molecule has 0 unspecified atom stereocenters. The molecule has 0 bridgehead atoms. The van der Waals surface area contributed by atoms with Crippen LogP contribution in [0.3, 0.4) is 0 Å². The van der Waals surface area contributed by atoms with E-state index in [0.29, 0.717) is 13.1 Å². The molecule has 84 valence electrons. The Kier molecular flexibility index (Phi) is 3.04. The fourth-order valence-corrected chi connectivity index (χ4v) is 1.86. The van der Waals surface area contributed by atoms with Crippen molar-refractivity contribution in [2.45, 2.75) is 13.1 Å². The van der Waals surface area contributed by atoms with Gasteiger partial charge < -0.3 is 9.67 Å². The van der Waals surface area contributed by atoms with Crippen LogP contribution in [0.15, 0.2) is 29.1 Å². The van der Waals surface area contributed by atoms with Gasteiger partial charge in [-0.25, -0.2) is 4.79 Å². The Bertz CT molecular complexity index is 492. The summed E-state index contributed by atoms with van der Waals surface area (Å²) in [6.45, 7) is 1.12. The van der Waals surface area contributed by atoms with Crippen LogP contribution in [0.4, 0.5) is 0 Å². The van der Waals surface area contributed by atoms with Gasteiger partial charge in [0.25, 0.3) is 0 Å². The molecule has 2 aromatic heterocycles. The minimum atomic E-state index is -0.940. The van der Waals surface area contributed by atoms with Crippen molar-refractivity contribution in [3.63, 3.8) is 0 Å². The van der Waals surface area contributed by atoms with E-state index < -0.39 is 5.97 Å². The maximum Gasteiger partial charge on any atom is 0.352 e. The first-order valence-electron chi connectivity index (χ1n) is 4.60. The topological polar surface area (TPSA) is 72.9 Å². The van der Waals surface area contributed by atoms with E-state index >= 15 is 0 Å². The number of carboxylic acids is 1. The van der Waals surface area contributed by atoms with E-state index in [9.17, 15) is 4.79 Å². The fourth-order valence-electron chi connectivity index (χ4n) is 1.40. The maximum atomic E-state index is 10.9. The van der Waals surface area contributed by atoms with Crippen molar-refractivity contribution in [1.29, 1.82) is 0 Å². The first-order valence-corrected chi connectivity index (χ1v) is 5.39. The second-order valence-electron chi connectivity index (χ2n) is 3.21. The van der Waals surface area contributed by atoms with Gasteiger partial charge in [0, 0.05) is 23.4 Å². The quantitative estimate of drug-likeness (QED) is 0.917. The molecule has 0 aliphatic carbocycles. The minimum absolute atomic E-state index is 0.256. The van der Waals surface area contributed by atoms with Crippen LogP contribution in [-0.2, 0) is 13.1 Å². The summed E-state index contributed by atoms with van der Waals surface area (Å²) in [6, 6.07) is 1.57. The smallest absolute Gasteiger partial charge is 0.352 e. The molecule has 2 heterocycles. The van der Waals surface area contributed by atoms with Crippen molar-refractivity contribution in [3.05, 3.63) is 34.8 Å². The third-order valence-corrected chi connectivity index (χ3v) is 2.56. The van der Waals surface area contributed by atoms with Crippen LogP contribution in [0.5, 0.6) is 0 Å². The highest BCUT2D eigenvalue weighted by molar-refractivity contribution is 9.10. The van der Waals surface area contributed by atoms with Crippen molar-refractivity contribution in [1.82, 2.24) is 19.6 Å². The summed E-state index contributed by atoms with van der Waals surface area (Å²) in [6.07, 6.45) is 5.06. The second kappa shape index (κ2) is 4.48. The standard InChI is InChI=1S/C9H9BrN4O2/c10-7-5-8(9(15)16)13(6-7)3-4-14-2-1-11-12-14/h1-2,5-6H,3-4H2,(H,15,16). The van der Waals surface area contributed by atoms with Gasteiger partial charge in [0.05, 0.1) is 12.7 Å². The van der Waals surface area contributed by atoms with E-state index in [4.69, 9.17) is 5.11 Å². The summed E-state index contributed by atoms with van der Waals surface area (Å²) in [5.74, 6) is -0.940. The zero-order chi connectivity index (χ0) is 11.5. The molecule has 0 atom stereocenters. The van der Waals surface area contributed by atoms with Crippen LogP contribution in [0.25, 0.3) is 0 Å². The van der Waals surface area contributed by atoms with Crippen LogP contribution in [-0.4, -0.2) is 30.6 Å². The van der Waals surface area contributed by atoms with E-state index in [2.05, 4.69) is 26.2 Å². The number of halogens is 1. The molecule has 0 saturated carbocycles. The first-order chi connectivity index (χ1) is 7.66. The molecular weight excluding hydrogens is 276 g/mol. The van der Waals surface area contributed by atoms with Gasteiger partial charge in [0.15, 0.2) is 0 Å². The van der Waals surface area contributed by atoms with E-state index in [1.54, 1.807) is 33.9 Å². The lowest BCUT2D eigenvalue weighted by Crippen LogP contribution is -2.12. The van der Waals surface area contributed by atoms with E-state index in [-0.39, 0.29) is 5.69 Å². The number of hydrogen-bond donors (Lipinski definition) is 1. The number of hydrogen-bond acceptors (Lipinski definition) is 3. The van der Waals surface area contributed by atoms with Gasteiger partial charge in [-0.2, -0.15) is 0 Å². The van der Waals surface area contributed by atoms with Crippen LogP contribution < -0.4 is 0 Å². The van der Waals surface area contributed by atoms with Gasteiger partial charge in [0.2, 0.25) is 0 Å². The molecule has 7 heteroatoms. The zero-order valence-electron chi connectivity index (χ0n) is 8.25. The number of nitrogens with zero attached hydrogens (tertiary/aromatic N) is 4. The summed E-state index contributed by atoms with van der Waals surface area (Å²) in [5, 5.41) is 16.4. The molecule has 0 aliphatic heterocycles. The molecule has 1 N–H and O–H groups in total. The van der Waals surface area contributed by atoms with Crippen molar-refractivity contribution in [3.8, 4) is 0 Å². The second-order valence-corrected chi connectivity index (χ2v) is 4.12. The van der Waals surface area contributed by atoms with Crippen LogP contribution >= 0.6 is 15.9 Å². The van der Waals surface area contributed by atoms with Gasteiger partial charge in [-0.1, -0.05) is 5.21 Å². The van der Waals surface area contributed by atoms with E-state index in [0.717, 1.165) is 4.47 Å². The predicted octanol–water partition coefficient (Wildman–Crippen LogP) is 1.24. The average molecular weight is 285 g/mol. The number of rotatable bonds is 4. The summed E-state index contributed by atoms with van der Waals surface area (Å²) in [7, 11) is 0. The molecular formula is C9H9BrN4O2. The molecule has 2 rings (SSSR count). The molecule has 0 radical (unpaired) electrons. The normalized spacial score (nSPS) is 10.6. The third kappa shape index (κ3) is 2.30. The highest BCUT2D eigenvalue weighted by atomic mass is 79.9. The van der Waals surface area contributed by atoms with E-state index in [1.165, 1.54) is 0 Å². The Labute approximate surface area is 99.6 Å². The molecule has 0 spiro atoms. The summed E-state index contributed by atoms with van der Waals surface area (Å²) < 4.78 is 4.07. The van der Waals surface area contributed by atoms with Crippen LogP contribution in [0.2, 0.25) is 0 Å². The number of aromatic carboxylic acids is 1. The lowest BCUT2D eigenvalue weighted by Gasteiger charge is -2.05. The number of aromatic nitrogens is 4. The zero-order valence-corrected chi connectivity index (χ0v) is 9.83. The van der Waals surface area contributed by atoms with Gasteiger partial charge in [-0.05, 0) is 22.0 Å². The van der Waals surface area contributed by atoms with Crippen molar-refractivity contribution >= 4 is 21.9 Å². The fraction of sp³-hybridized carbons (Fsp3) is 0.222. The molecule has 16 heavy (non-hydrogen) atoms. The maximum absolute atomic E-state index is 10.9. The average Bonchev–Trinajstić information content (AvgIpc) is 2.83. The minimum Gasteiger partial charge on any atom is -0.477 e. The molecule has 0 aliphatic rings. The van der Waals surface area contributed by atoms with Crippen molar-refractivity contribution < 1.29 is 9.90 Å². The van der Waals surface area contributed by atoms with Gasteiger partial charge in [-0.15, -0.1) is 5.10 Å². The SMILES string of the molecule is O=C(O)c1cc(Br)cn1CCn1ccnn1. The first kappa shape index (κ1) is 10.9. The molecule has 0 saturated heterocycles. The molecule has 0 fully saturated rings. The molecule has 6 nitrogen and oxygen atoms in total. The molecule has 2 aromatic rings. The van der Waals surface area contributed by atoms with E-state index in [1.807, 2.05) is 0 Å². The Balaban J connectivity index is 2.12. The predicted molar refractivity (Wildman–Crippen MR) is 59.1 cm³/mol. The third-order valence-electron chi connectivity index (χ3n) is 2.12. The monoisotopic (exact) mass is 284 g/mol. The Morgan fingerprint density at radius 3 is 2.94 bits per heavy atom. The van der Waals surface area contributed by atoms with Crippen molar-refractivity contribution in [2.75, 3.05) is 0 Å². The lowest BCUT2D eigenvalue weighted by molar-refractivity contribution is 0.0684. The van der Waals surface area contributed by atoms with Gasteiger partial charge >= 0.3 is 5.97 Å². The Morgan fingerprint density at radius 2 is 2.31 bits per heavy atom. The van der Waals surface area contributed by atoms with Gasteiger partial charge in [-0.3, -0.25) is 4.68 Å². The number of carboxylic acid groups (broad SMARTS) is 1. The van der Waals surface area contributed by atoms with Crippen molar-refractivity contribution in [2.24, 2.45) is 0 Å².